The molecule has 0 bridgehead atoms. The number of aryl methyl sites for hydroxylation is 2. The molecule has 0 aliphatic carbocycles. The highest BCUT2D eigenvalue weighted by Crippen LogP contribution is 2.27. The van der Waals surface area contributed by atoms with Crippen molar-refractivity contribution in [1.82, 2.24) is 0 Å². The normalized spacial score (nSPS) is 12.4. The fourth-order valence-corrected chi connectivity index (χ4v) is 2.91. The molecule has 1 heterocycles. The third-order valence-electron chi connectivity index (χ3n) is 2.88. The van der Waals surface area contributed by atoms with Crippen molar-refractivity contribution in [2.45, 2.75) is 33.2 Å². The zero-order valence-corrected chi connectivity index (χ0v) is 11.8. The van der Waals surface area contributed by atoms with Gasteiger partial charge in [0.25, 0.3) is 0 Å². The summed E-state index contributed by atoms with van der Waals surface area (Å²) in [5.41, 5.74) is 1.77. The van der Waals surface area contributed by atoms with E-state index in [-0.39, 0.29) is 11.9 Å². The Labute approximate surface area is 112 Å². The average molecular weight is 263 g/mol. The van der Waals surface area contributed by atoms with Crippen LogP contribution in [0.3, 0.4) is 0 Å². The molecule has 0 radical (unpaired) electrons. The lowest BCUT2D eigenvalue weighted by atomic mass is 10.2. The Kier molecular flexibility index (Phi) is 4.02. The fraction of sp³-hybridized carbons (Fsp3) is 0.333. The molecule has 96 valence electrons. The monoisotopic (exact) mass is 263 g/mol. The molecule has 0 saturated heterocycles. The van der Waals surface area contributed by atoms with E-state index >= 15 is 0 Å². The first-order valence-electron chi connectivity index (χ1n) is 6.21. The predicted octanol–water partition coefficient (Wildman–Crippen LogP) is 4.93. The van der Waals surface area contributed by atoms with Crippen molar-refractivity contribution in [3.63, 3.8) is 0 Å². The predicted molar refractivity (Wildman–Crippen MR) is 76.9 cm³/mol. The van der Waals surface area contributed by atoms with E-state index in [1.165, 1.54) is 21.9 Å². The van der Waals surface area contributed by atoms with Gasteiger partial charge in [0.2, 0.25) is 0 Å². The smallest absolute Gasteiger partial charge is 0.125 e. The highest BCUT2D eigenvalue weighted by Gasteiger charge is 2.09. The van der Waals surface area contributed by atoms with Crippen molar-refractivity contribution in [3.8, 4) is 0 Å². The molecule has 2 aromatic rings. The van der Waals surface area contributed by atoms with E-state index in [2.05, 4.69) is 31.3 Å². The van der Waals surface area contributed by atoms with Crippen LogP contribution in [-0.4, -0.2) is 0 Å². The standard InChI is InChI=1S/C15H18FNS/c1-4-14-5-6-15(18-14)11(3)17-13-8-10(2)7-12(16)9-13/h5-9,11,17H,4H2,1-3H3. The number of rotatable bonds is 4. The van der Waals surface area contributed by atoms with Crippen molar-refractivity contribution < 1.29 is 4.39 Å². The van der Waals surface area contributed by atoms with Crippen LogP contribution in [0.25, 0.3) is 0 Å². The summed E-state index contributed by atoms with van der Waals surface area (Å²) in [5, 5.41) is 3.35. The minimum absolute atomic E-state index is 0.190. The lowest BCUT2D eigenvalue weighted by Gasteiger charge is -2.14. The molecular weight excluding hydrogens is 245 g/mol. The quantitative estimate of drug-likeness (QED) is 0.824. The number of hydrogen-bond donors (Lipinski definition) is 1. The molecule has 0 spiro atoms. The van der Waals surface area contributed by atoms with E-state index in [4.69, 9.17) is 0 Å². The second-order valence-corrected chi connectivity index (χ2v) is 5.74. The summed E-state index contributed by atoms with van der Waals surface area (Å²) in [7, 11) is 0. The fourth-order valence-electron chi connectivity index (χ4n) is 1.96. The maximum atomic E-state index is 13.3. The summed E-state index contributed by atoms with van der Waals surface area (Å²) in [5.74, 6) is -0.190. The minimum atomic E-state index is -0.190. The van der Waals surface area contributed by atoms with Crippen LogP contribution in [0.1, 0.15) is 35.2 Å². The van der Waals surface area contributed by atoms with E-state index in [9.17, 15) is 4.39 Å². The zero-order valence-electron chi connectivity index (χ0n) is 11.0. The Balaban J connectivity index is 2.12. The summed E-state index contributed by atoms with van der Waals surface area (Å²) in [4.78, 5) is 2.67. The molecule has 0 aliphatic heterocycles. The van der Waals surface area contributed by atoms with Gasteiger partial charge in [-0.05, 0) is 56.2 Å². The van der Waals surface area contributed by atoms with Crippen LogP contribution < -0.4 is 5.32 Å². The van der Waals surface area contributed by atoms with E-state index in [0.717, 1.165) is 17.7 Å². The van der Waals surface area contributed by atoms with Crippen LogP contribution in [0, 0.1) is 12.7 Å². The van der Waals surface area contributed by atoms with Gasteiger partial charge in [-0.1, -0.05) is 6.92 Å². The van der Waals surface area contributed by atoms with Gasteiger partial charge in [0.1, 0.15) is 5.82 Å². The number of halogens is 1. The summed E-state index contributed by atoms with van der Waals surface area (Å²) < 4.78 is 13.3. The first-order chi connectivity index (χ1) is 8.58. The van der Waals surface area contributed by atoms with Gasteiger partial charge in [-0.3, -0.25) is 0 Å². The Morgan fingerprint density at radius 3 is 2.67 bits per heavy atom. The van der Waals surface area contributed by atoms with Gasteiger partial charge in [-0.15, -0.1) is 11.3 Å². The van der Waals surface area contributed by atoms with Crippen LogP contribution in [0.5, 0.6) is 0 Å². The topological polar surface area (TPSA) is 12.0 Å². The van der Waals surface area contributed by atoms with E-state index in [0.29, 0.717) is 0 Å². The lowest BCUT2D eigenvalue weighted by molar-refractivity contribution is 0.626. The molecule has 0 aliphatic rings. The highest BCUT2D eigenvalue weighted by molar-refractivity contribution is 7.12. The van der Waals surface area contributed by atoms with E-state index in [1.54, 1.807) is 0 Å². The molecule has 1 atom stereocenters. The van der Waals surface area contributed by atoms with Crippen LogP contribution in [0.2, 0.25) is 0 Å². The number of hydrogen-bond acceptors (Lipinski definition) is 2. The van der Waals surface area contributed by atoms with Crippen molar-refractivity contribution in [2.24, 2.45) is 0 Å². The third-order valence-corrected chi connectivity index (χ3v) is 4.30. The molecule has 2 rings (SSSR count). The molecule has 1 nitrogen and oxygen atoms in total. The van der Waals surface area contributed by atoms with Crippen molar-refractivity contribution in [1.29, 1.82) is 0 Å². The molecule has 0 saturated carbocycles. The molecule has 3 heteroatoms. The SMILES string of the molecule is CCc1ccc(C(C)Nc2cc(C)cc(F)c2)s1. The van der Waals surface area contributed by atoms with Gasteiger partial charge in [0.15, 0.2) is 0 Å². The maximum Gasteiger partial charge on any atom is 0.125 e. The summed E-state index contributed by atoms with van der Waals surface area (Å²) in [6.45, 7) is 6.16. The number of anilines is 1. The van der Waals surface area contributed by atoms with Crippen LogP contribution in [0.4, 0.5) is 10.1 Å². The van der Waals surface area contributed by atoms with Crippen molar-refractivity contribution in [2.75, 3.05) is 5.32 Å². The van der Waals surface area contributed by atoms with Gasteiger partial charge in [-0.25, -0.2) is 4.39 Å². The Hall–Kier alpha value is -1.35. The molecule has 0 amide bonds. The molecule has 1 aromatic heterocycles. The van der Waals surface area contributed by atoms with Gasteiger partial charge in [-0.2, -0.15) is 0 Å². The van der Waals surface area contributed by atoms with Gasteiger partial charge >= 0.3 is 0 Å². The third kappa shape index (κ3) is 3.10. The second kappa shape index (κ2) is 5.53. The Bertz CT molecular complexity index is 513. The number of nitrogens with one attached hydrogen (secondary N) is 1. The second-order valence-electron chi connectivity index (χ2n) is 4.54. The van der Waals surface area contributed by atoms with Gasteiger partial charge in [0.05, 0.1) is 6.04 Å². The van der Waals surface area contributed by atoms with Gasteiger partial charge < -0.3 is 5.32 Å². The Morgan fingerprint density at radius 2 is 2.06 bits per heavy atom. The average Bonchev–Trinajstić information content (AvgIpc) is 2.75. The molecule has 18 heavy (non-hydrogen) atoms. The van der Waals surface area contributed by atoms with Crippen LogP contribution in [-0.2, 0) is 6.42 Å². The number of thiophene rings is 1. The molecule has 1 unspecified atom stereocenters. The summed E-state index contributed by atoms with van der Waals surface area (Å²) in [6.07, 6.45) is 1.07. The van der Waals surface area contributed by atoms with Crippen molar-refractivity contribution in [3.05, 3.63) is 51.5 Å². The van der Waals surface area contributed by atoms with E-state index < -0.39 is 0 Å². The summed E-state index contributed by atoms with van der Waals surface area (Å²) >= 11 is 1.81. The maximum absolute atomic E-state index is 13.3. The van der Waals surface area contributed by atoms with Crippen LogP contribution in [0.15, 0.2) is 30.3 Å². The first-order valence-corrected chi connectivity index (χ1v) is 7.02. The van der Waals surface area contributed by atoms with Crippen LogP contribution >= 0.6 is 11.3 Å². The molecule has 1 aromatic carbocycles. The molecular formula is C15H18FNS. The summed E-state index contributed by atoms with van der Waals surface area (Å²) in [6, 6.07) is 9.56. The first kappa shape index (κ1) is 13.1. The van der Waals surface area contributed by atoms with Crippen molar-refractivity contribution >= 4 is 17.0 Å². The zero-order chi connectivity index (χ0) is 13.1. The number of benzene rings is 1. The lowest BCUT2D eigenvalue weighted by Crippen LogP contribution is -2.05. The van der Waals surface area contributed by atoms with E-state index in [1.807, 2.05) is 24.3 Å². The Morgan fingerprint density at radius 1 is 1.28 bits per heavy atom. The largest absolute Gasteiger partial charge is 0.378 e. The van der Waals surface area contributed by atoms with Gasteiger partial charge in [0, 0.05) is 15.4 Å². The molecule has 1 N–H and O–H groups in total. The minimum Gasteiger partial charge on any atom is -0.378 e. The molecule has 0 fully saturated rings. The highest BCUT2D eigenvalue weighted by atomic mass is 32.1.